The molecule has 2 bridgehead atoms. The quantitative estimate of drug-likeness (QED) is 0.466. The number of hydrogen-bond acceptors (Lipinski definition) is 3. The minimum absolute atomic E-state index is 0.0440. The second-order valence-corrected chi connectivity index (χ2v) is 2.17. The molecule has 1 N–H and O–H groups in total. The Morgan fingerprint density at radius 1 is 1.56 bits per heavy atom. The molecule has 2 aliphatic rings. The third kappa shape index (κ3) is 0.710. The van der Waals surface area contributed by atoms with Crippen LogP contribution in [-0.2, 0) is 14.3 Å². The Balaban J connectivity index is 2.15. The highest BCUT2D eigenvalue weighted by molar-refractivity contribution is 5.83. The highest BCUT2D eigenvalue weighted by Gasteiger charge is 2.36. The zero-order valence-corrected chi connectivity index (χ0v) is 4.79. The summed E-state index contributed by atoms with van der Waals surface area (Å²) in [6.07, 6.45) is 0.332. The van der Waals surface area contributed by atoms with Crippen molar-refractivity contribution in [2.75, 3.05) is 6.79 Å². The maximum absolute atomic E-state index is 10.7. The molecule has 2 fully saturated rings. The van der Waals surface area contributed by atoms with Crippen molar-refractivity contribution < 1.29 is 14.3 Å². The first-order valence-corrected chi connectivity index (χ1v) is 2.90. The molecule has 1 amide bonds. The first kappa shape index (κ1) is 5.20. The average molecular weight is 129 g/mol. The molecule has 2 heterocycles. The lowest BCUT2D eigenvalue weighted by atomic mass is 10.3. The molecule has 0 aromatic carbocycles. The van der Waals surface area contributed by atoms with Gasteiger partial charge >= 0.3 is 0 Å². The van der Waals surface area contributed by atoms with E-state index in [0.717, 1.165) is 0 Å². The summed E-state index contributed by atoms with van der Waals surface area (Å²) < 4.78 is 9.93. The van der Waals surface area contributed by atoms with Crippen molar-refractivity contribution >= 4 is 5.91 Å². The van der Waals surface area contributed by atoms with Crippen LogP contribution in [0.3, 0.4) is 0 Å². The minimum atomic E-state index is -0.247. The van der Waals surface area contributed by atoms with Crippen LogP contribution in [-0.4, -0.2) is 25.0 Å². The van der Waals surface area contributed by atoms with E-state index < -0.39 is 0 Å². The summed E-state index contributed by atoms with van der Waals surface area (Å²) in [5.41, 5.74) is 0. The number of ether oxygens (including phenoxy) is 2. The van der Waals surface area contributed by atoms with E-state index in [1.165, 1.54) is 0 Å². The molecule has 9 heavy (non-hydrogen) atoms. The fourth-order valence-corrected chi connectivity index (χ4v) is 1.07. The zero-order chi connectivity index (χ0) is 6.27. The largest absolute Gasteiger partial charge is 0.342 e. The Kier molecular flexibility index (Phi) is 0.972. The van der Waals surface area contributed by atoms with Gasteiger partial charge in [0, 0.05) is 6.42 Å². The normalized spacial score (nSPS) is 40.7. The molecule has 2 saturated heterocycles. The van der Waals surface area contributed by atoms with Gasteiger partial charge in [-0.3, -0.25) is 4.79 Å². The van der Waals surface area contributed by atoms with Gasteiger partial charge in [-0.15, -0.1) is 0 Å². The summed E-state index contributed by atoms with van der Waals surface area (Å²) in [7, 11) is 0. The standard InChI is InChI=1S/C5H7NO3/c7-5-3-1-4(6-5)9-2-8-3/h3-4H,1-2H2,(H,6,7). The number of amides is 1. The molecule has 50 valence electrons. The Morgan fingerprint density at radius 3 is 3.11 bits per heavy atom. The molecular weight excluding hydrogens is 122 g/mol. The van der Waals surface area contributed by atoms with E-state index in [2.05, 4.69) is 5.32 Å². The van der Waals surface area contributed by atoms with E-state index in [4.69, 9.17) is 9.47 Å². The lowest BCUT2D eigenvalue weighted by molar-refractivity contribution is -0.155. The second kappa shape index (κ2) is 1.68. The number of rotatable bonds is 0. The number of fused-ring (bicyclic) bond motifs is 2. The van der Waals surface area contributed by atoms with Crippen LogP contribution >= 0.6 is 0 Å². The molecular formula is C5H7NO3. The lowest BCUT2D eigenvalue weighted by Gasteiger charge is -2.16. The molecule has 0 saturated carbocycles. The smallest absolute Gasteiger partial charge is 0.251 e. The van der Waals surface area contributed by atoms with Crippen molar-refractivity contribution in [1.82, 2.24) is 5.32 Å². The zero-order valence-electron chi connectivity index (χ0n) is 4.79. The molecule has 0 aromatic rings. The predicted molar refractivity (Wildman–Crippen MR) is 27.4 cm³/mol. The molecule has 4 heteroatoms. The van der Waals surface area contributed by atoms with Gasteiger partial charge in [-0.05, 0) is 0 Å². The van der Waals surface area contributed by atoms with Crippen LogP contribution < -0.4 is 5.32 Å². The third-order valence-corrected chi connectivity index (χ3v) is 1.56. The van der Waals surface area contributed by atoms with Gasteiger partial charge in [0.2, 0.25) is 0 Å². The third-order valence-electron chi connectivity index (χ3n) is 1.56. The summed E-state index contributed by atoms with van der Waals surface area (Å²) in [5, 5.41) is 2.63. The van der Waals surface area contributed by atoms with Crippen molar-refractivity contribution in [1.29, 1.82) is 0 Å². The highest BCUT2D eigenvalue weighted by atomic mass is 16.7. The molecule has 0 aliphatic carbocycles. The molecule has 2 aliphatic heterocycles. The first-order chi connectivity index (χ1) is 4.36. The Hall–Kier alpha value is -0.610. The minimum Gasteiger partial charge on any atom is -0.342 e. The van der Waals surface area contributed by atoms with Crippen LogP contribution in [0.4, 0.5) is 0 Å². The molecule has 0 radical (unpaired) electrons. The predicted octanol–water partition coefficient (Wildman–Crippen LogP) is -0.795. The fourth-order valence-electron chi connectivity index (χ4n) is 1.07. The molecule has 0 spiro atoms. The molecule has 2 rings (SSSR count). The maximum Gasteiger partial charge on any atom is 0.251 e. The molecule has 0 aromatic heterocycles. The van der Waals surface area contributed by atoms with Gasteiger partial charge in [-0.25, -0.2) is 0 Å². The van der Waals surface area contributed by atoms with E-state index in [1.54, 1.807) is 0 Å². The van der Waals surface area contributed by atoms with Crippen LogP contribution in [0.5, 0.6) is 0 Å². The van der Waals surface area contributed by atoms with Crippen LogP contribution in [0, 0.1) is 0 Å². The summed E-state index contributed by atoms with van der Waals surface area (Å²) in [6.45, 7) is 0.244. The Morgan fingerprint density at radius 2 is 2.44 bits per heavy atom. The van der Waals surface area contributed by atoms with Crippen LogP contribution in [0.2, 0.25) is 0 Å². The lowest BCUT2D eigenvalue weighted by Crippen LogP contribution is -2.27. The monoisotopic (exact) mass is 129 g/mol. The Labute approximate surface area is 52.1 Å². The maximum atomic E-state index is 10.7. The number of carbonyl (C=O) groups excluding carboxylic acids is 1. The average Bonchev–Trinajstić information content (AvgIpc) is 2.09. The van der Waals surface area contributed by atoms with Gasteiger partial charge in [0.05, 0.1) is 0 Å². The van der Waals surface area contributed by atoms with Gasteiger partial charge in [0.1, 0.15) is 19.1 Å². The molecule has 4 nitrogen and oxygen atoms in total. The van der Waals surface area contributed by atoms with Crippen molar-refractivity contribution in [3.8, 4) is 0 Å². The fraction of sp³-hybridized carbons (Fsp3) is 0.800. The number of hydrogen-bond donors (Lipinski definition) is 1. The molecule has 2 unspecified atom stereocenters. The van der Waals surface area contributed by atoms with E-state index in [9.17, 15) is 4.79 Å². The van der Waals surface area contributed by atoms with Crippen LogP contribution in [0.25, 0.3) is 0 Å². The first-order valence-electron chi connectivity index (χ1n) is 2.90. The van der Waals surface area contributed by atoms with Crippen molar-refractivity contribution in [2.45, 2.75) is 18.8 Å². The number of carbonyl (C=O) groups is 1. The van der Waals surface area contributed by atoms with Gasteiger partial charge in [-0.1, -0.05) is 0 Å². The summed E-state index contributed by atoms with van der Waals surface area (Å²) in [5.74, 6) is -0.0440. The van der Waals surface area contributed by atoms with Crippen molar-refractivity contribution in [3.05, 3.63) is 0 Å². The molecule has 2 atom stereocenters. The van der Waals surface area contributed by atoms with Gasteiger partial charge in [0.15, 0.2) is 0 Å². The summed E-state index contributed by atoms with van der Waals surface area (Å²) in [4.78, 5) is 10.7. The van der Waals surface area contributed by atoms with Crippen LogP contribution in [0.1, 0.15) is 6.42 Å². The number of nitrogens with one attached hydrogen (secondary N) is 1. The summed E-state index contributed by atoms with van der Waals surface area (Å²) in [6, 6.07) is 0. The van der Waals surface area contributed by atoms with E-state index in [-0.39, 0.29) is 25.0 Å². The van der Waals surface area contributed by atoms with Crippen LogP contribution in [0.15, 0.2) is 0 Å². The van der Waals surface area contributed by atoms with Crippen molar-refractivity contribution in [3.63, 3.8) is 0 Å². The van der Waals surface area contributed by atoms with Crippen molar-refractivity contribution in [2.24, 2.45) is 0 Å². The topological polar surface area (TPSA) is 47.6 Å². The SMILES string of the molecule is O=C1NC2CC1OCO2. The van der Waals surface area contributed by atoms with E-state index in [0.29, 0.717) is 6.42 Å². The van der Waals surface area contributed by atoms with Gasteiger partial charge in [0.25, 0.3) is 5.91 Å². The van der Waals surface area contributed by atoms with Gasteiger partial charge < -0.3 is 14.8 Å². The van der Waals surface area contributed by atoms with Gasteiger partial charge in [-0.2, -0.15) is 0 Å². The summed E-state index contributed by atoms with van der Waals surface area (Å²) >= 11 is 0. The van der Waals surface area contributed by atoms with E-state index >= 15 is 0 Å². The highest BCUT2D eigenvalue weighted by Crippen LogP contribution is 2.17. The second-order valence-electron chi connectivity index (χ2n) is 2.17. The Bertz CT molecular complexity index is 147. The van der Waals surface area contributed by atoms with E-state index in [1.807, 2.05) is 0 Å².